The van der Waals surface area contributed by atoms with Gasteiger partial charge in [0.1, 0.15) is 17.3 Å². The van der Waals surface area contributed by atoms with Crippen molar-refractivity contribution in [3.05, 3.63) is 47.8 Å². The van der Waals surface area contributed by atoms with Crippen LogP contribution in [0.4, 0.5) is 0 Å². The minimum Gasteiger partial charge on any atom is -0.469 e. The van der Waals surface area contributed by atoms with Crippen molar-refractivity contribution < 1.29 is 8.83 Å². The van der Waals surface area contributed by atoms with Crippen LogP contribution in [-0.4, -0.2) is 7.05 Å². The van der Waals surface area contributed by atoms with Gasteiger partial charge in [0.2, 0.25) is 0 Å². The minimum absolute atomic E-state index is 0.171. The van der Waals surface area contributed by atoms with E-state index in [9.17, 15) is 0 Å². The molecule has 0 fully saturated rings. The van der Waals surface area contributed by atoms with Crippen molar-refractivity contribution in [3.8, 4) is 0 Å². The first-order valence-corrected chi connectivity index (χ1v) is 5.05. The van der Waals surface area contributed by atoms with Gasteiger partial charge in [-0.1, -0.05) is 0 Å². The Morgan fingerprint density at radius 3 is 2.73 bits per heavy atom. The normalized spacial score (nSPS) is 12.9. The Hall–Kier alpha value is -1.48. The molecule has 3 nitrogen and oxygen atoms in total. The Bertz CT molecular complexity index is 403. The standard InChI is InChI=1S/C12H15NO2/c1-9-5-6-12(15-9)11(13-2)8-10-4-3-7-14-10/h3-7,11,13H,8H2,1-2H3. The first kappa shape index (κ1) is 10.1. The SMILES string of the molecule is CNC(Cc1ccco1)c1ccc(C)o1. The number of hydrogen-bond donors (Lipinski definition) is 1. The van der Waals surface area contributed by atoms with E-state index in [-0.39, 0.29) is 6.04 Å². The molecule has 2 rings (SSSR count). The smallest absolute Gasteiger partial charge is 0.121 e. The van der Waals surface area contributed by atoms with E-state index in [2.05, 4.69) is 5.32 Å². The fraction of sp³-hybridized carbons (Fsp3) is 0.333. The molecule has 0 bridgehead atoms. The highest BCUT2D eigenvalue weighted by Gasteiger charge is 2.14. The fourth-order valence-corrected chi connectivity index (χ4v) is 1.62. The fourth-order valence-electron chi connectivity index (χ4n) is 1.62. The molecule has 0 aliphatic carbocycles. The third-order valence-corrected chi connectivity index (χ3v) is 2.44. The molecule has 2 aromatic rings. The lowest BCUT2D eigenvalue weighted by atomic mass is 10.1. The number of hydrogen-bond acceptors (Lipinski definition) is 3. The molecule has 0 aromatic carbocycles. The van der Waals surface area contributed by atoms with Gasteiger partial charge in [-0.25, -0.2) is 0 Å². The van der Waals surface area contributed by atoms with Gasteiger partial charge in [0.25, 0.3) is 0 Å². The Morgan fingerprint density at radius 1 is 1.33 bits per heavy atom. The van der Waals surface area contributed by atoms with Crippen LogP contribution < -0.4 is 5.32 Å². The average Bonchev–Trinajstić information content (AvgIpc) is 2.85. The quantitative estimate of drug-likeness (QED) is 0.834. The van der Waals surface area contributed by atoms with E-state index in [1.165, 1.54) is 0 Å². The Balaban J connectivity index is 2.11. The summed E-state index contributed by atoms with van der Waals surface area (Å²) in [6.45, 7) is 1.95. The molecular formula is C12H15NO2. The third-order valence-electron chi connectivity index (χ3n) is 2.44. The molecule has 1 N–H and O–H groups in total. The molecule has 0 saturated heterocycles. The molecule has 15 heavy (non-hydrogen) atoms. The summed E-state index contributed by atoms with van der Waals surface area (Å²) in [6, 6.07) is 8.02. The summed E-state index contributed by atoms with van der Waals surface area (Å²) in [5.74, 6) is 2.85. The first-order chi connectivity index (χ1) is 7.29. The van der Waals surface area contributed by atoms with Gasteiger partial charge < -0.3 is 14.2 Å². The van der Waals surface area contributed by atoms with Crippen molar-refractivity contribution in [3.63, 3.8) is 0 Å². The summed E-state index contributed by atoms with van der Waals surface area (Å²) in [7, 11) is 1.92. The predicted octanol–water partition coefficient (Wildman–Crippen LogP) is 2.68. The van der Waals surface area contributed by atoms with Crippen LogP contribution in [0, 0.1) is 6.92 Å². The zero-order chi connectivity index (χ0) is 10.7. The molecule has 1 atom stereocenters. The zero-order valence-corrected chi connectivity index (χ0v) is 8.99. The number of nitrogens with one attached hydrogen (secondary N) is 1. The van der Waals surface area contributed by atoms with E-state index in [0.717, 1.165) is 23.7 Å². The third kappa shape index (κ3) is 2.30. The molecule has 1 unspecified atom stereocenters. The van der Waals surface area contributed by atoms with Crippen molar-refractivity contribution in [2.75, 3.05) is 7.05 Å². The van der Waals surface area contributed by atoms with Crippen LogP contribution in [0.2, 0.25) is 0 Å². The maximum atomic E-state index is 5.58. The van der Waals surface area contributed by atoms with Gasteiger partial charge in [-0.15, -0.1) is 0 Å². The van der Waals surface area contributed by atoms with Gasteiger partial charge in [-0.05, 0) is 38.2 Å². The summed E-state index contributed by atoms with van der Waals surface area (Å²) in [5, 5.41) is 3.22. The second kappa shape index (κ2) is 4.36. The first-order valence-electron chi connectivity index (χ1n) is 5.05. The minimum atomic E-state index is 0.171. The second-order valence-electron chi connectivity index (χ2n) is 3.57. The van der Waals surface area contributed by atoms with Crippen LogP contribution in [0.3, 0.4) is 0 Å². The molecule has 0 aliphatic heterocycles. The predicted molar refractivity (Wildman–Crippen MR) is 57.7 cm³/mol. The van der Waals surface area contributed by atoms with E-state index in [1.807, 2.05) is 38.2 Å². The monoisotopic (exact) mass is 205 g/mol. The molecular weight excluding hydrogens is 190 g/mol. The van der Waals surface area contributed by atoms with E-state index >= 15 is 0 Å². The molecule has 0 saturated carbocycles. The van der Waals surface area contributed by atoms with Gasteiger partial charge in [0.05, 0.1) is 12.3 Å². The molecule has 0 radical (unpaired) electrons. The zero-order valence-electron chi connectivity index (χ0n) is 8.99. The van der Waals surface area contributed by atoms with Crippen LogP contribution in [0.1, 0.15) is 23.3 Å². The van der Waals surface area contributed by atoms with Crippen molar-refractivity contribution in [2.24, 2.45) is 0 Å². The number of furan rings is 2. The number of rotatable bonds is 4. The van der Waals surface area contributed by atoms with E-state index in [1.54, 1.807) is 6.26 Å². The van der Waals surface area contributed by atoms with Crippen molar-refractivity contribution in [1.29, 1.82) is 0 Å². The van der Waals surface area contributed by atoms with Crippen molar-refractivity contribution in [1.82, 2.24) is 5.32 Å². The van der Waals surface area contributed by atoms with E-state index in [4.69, 9.17) is 8.83 Å². The number of aryl methyl sites for hydroxylation is 1. The van der Waals surface area contributed by atoms with Gasteiger partial charge in [-0.2, -0.15) is 0 Å². The van der Waals surface area contributed by atoms with Gasteiger partial charge in [0.15, 0.2) is 0 Å². The summed E-state index contributed by atoms with van der Waals surface area (Å²) in [4.78, 5) is 0. The van der Waals surface area contributed by atoms with E-state index in [0.29, 0.717) is 0 Å². The highest BCUT2D eigenvalue weighted by Crippen LogP contribution is 2.20. The average molecular weight is 205 g/mol. The lowest BCUT2D eigenvalue weighted by molar-refractivity contribution is 0.391. The second-order valence-corrected chi connectivity index (χ2v) is 3.57. The highest BCUT2D eigenvalue weighted by atomic mass is 16.3. The van der Waals surface area contributed by atoms with Gasteiger partial charge >= 0.3 is 0 Å². The number of likely N-dealkylation sites (N-methyl/N-ethyl adjacent to an activating group) is 1. The van der Waals surface area contributed by atoms with E-state index < -0.39 is 0 Å². The lowest BCUT2D eigenvalue weighted by Gasteiger charge is -2.11. The summed E-state index contributed by atoms with van der Waals surface area (Å²) in [5.41, 5.74) is 0. The molecule has 0 aliphatic rings. The Morgan fingerprint density at radius 2 is 2.20 bits per heavy atom. The molecule has 3 heteroatoms. The maximum absolute atomic E-state index is 5.58. The summed E-state index contributed by atoms with van der Waals surface area (Å²) in [6.07, 6.45) is 2.49. The Labute approximate surface area is 89.1 Å². The highest BCUT2D eigenvalue weighted by molar-refractivity contribution is 5.12. The lowest BCUT2D eigenvalue weighted by Crippen LogP contribution is -2.17. The molecule has 0 amide bonds. The largest absolute Gasteiger partial charge is 0.469 e. The van der Waals surface area contributed by atoms with Crippen LogP contribution in [-0.2, 0) is 6.42 Å². The van der Waals surface area contributed by atoms with Gasteiger partial charge in [-0.3, -0.25) is 0 Å². The molecule has 80 valence electrons. The molecule has 2 heterocycles. The molecule has 0 spiro atoms. The Kier molecular flexibility index (Phi) is 2.92. The van der Waals surface area contributed by atoms with Crippen LogP contribution in [0.15, 0.2) is 39.4 Å². The van der Waals surface area contributed by atoms with Crippen LogP contribution in [0.5, 0.6) is 0 Å². The summed E-state index contributed by atoms with van der Waals surface area (Å²) >= 11 is 0. The molecule has 2 aromatic heterocycles. The summed E-state index contributed by atoms with van der Waals surface area (Å²) < 4.78 is 10.9. The maximum Gasteiger partial charge on any atom is 0.121 e. The van der Waals surface area contributed by atoms with Crippen molar-refractivity contribution >= 4 is 0 Å². The van der Waals surface area contributed by atoms with Crippen LogP contribution >= 0.6 is 0 Å². The van der Waals surface area contributed by atoms with Crippen LogP contribution in [0.25, 0.3) is 0 Å². The topological polar surface area (TPSA) is 38.3 Å². The van der Waals surface area contributed by atoms with Crippen molar-refractivity contribution in [2.45, 2.75) is 19.4 Å². The van der Waals surface area contributed by atoms with Gasteiger partial charge in [0, 0.05) is 6.42 Å².